The van der Waals surface area contributed by atoms with Gasteiger partial charge in [-0.15, -0.1) is 6.42 Å². The zero-order valence-electron chi connectivity index (χ0n) is 9.64. The highest BCUT2D eigenvalue weighted by Gasteiger charge is 2.11. The summed E-state index contributed by atoms with van der Waals surface area (Å²) in [6, 6.07) is 5.13. The van der Waals surface area contributed by atoms with E-state index < -0.39 is 0 Å². The lowest BCUT2D eigenvalue weighted by Crippen LogP contribution is -2.17. The first kappa shape index (κ1) is 13.1. The number of benzene rings is 1. The molecule has 0 radical (unpaired) electrons. The van der Waals surface area contributed by atoms with Crippen LogP contribution in [0.4, 0.5) is 0 Å². The lowest BCUT2D eigenvalue weighted by Gasteiger charge is -2.16. The standard InChI is InChI=1S/C13H15NO3/c1-3-11-4-5-12(10(2)14-9-16)13(8-11)17-7-6-15/h1,4-5,8-10,15H,6-7H2,2H3,(H,14,16)/t10-/m0/s1. The average Bonchev–Trinajstić information content (AvgIpc) is 2.36. The van der Waals surface area contributed by atoms with Gasteiger partial charge in [0.15, 0.2) is 0 Å². The van der Waals surface area contributed by atoms with Crippen molar-refractivity contribution in [1.82, 2.24) is 5.32 Å². The molecule has 0 aliphatic rings. The lowest BCUT2D eigenvalue weighted by atomic mass is 10.0. The largest absolute Gasteiger partial charge is 0.491 e. The van der Waals surface area contributed by atoms with E-state index in [2.05, 4.69) is 11.2 Å². The highest BCUT2D eigenvalue weighted by atomic mass is 16.5. The average molecular weight is 233 g/mol. The number of hydrogen-bond acceptors (Lipinski definition) is 3. The van der Waals surface area contributed by atoms with E-state index in [-0.39, 0.29) is 19.3 Å². The van der Waals surface area contributed by atoms with Gasteiger partial charge >= 0.3 is 0 Å². The minimum absolute atomic E-state index is 0.0742. The number of nitrogens with one attached hydrogen (secondary N) is 1. The van der Waals surface area contributed by atoms with Crippen LogP contribution in [-0.2, 0) is 4.79 Å². The second kappa shape index (κ2) is 6.56. The van der Waals surface area contributed by atoms with Gasteiger partial charge in [-0.2, -0.15) is 0 Å². The maximum absolute atomic E-state index is 10.4. The highest BCUT2D eigenvalue weighted by molar-refractivity contribution is 5.50. The smallest absolute Gasteiger partial charge is 0.207 e. The molecule has 1 atom stereocenters. The van der Waals surface area contributed by atoms with Crippen molar-refractivity contribution in [3.63, 3.8) is 0 Å². The highest BCUT2D eigenvalue weighted by Crippen LogP contribution is 2.26. The summed E-state index contributed by atoms with van der Waals surface area (Å²) in [4.78, 5) is 10.4. The first-order valence-electron chi connectivity index (χ1n) is 5.26. The van der Waals surface area contributed by atoms with Gasteiger partial charge in [0.1, 0.15) is 12.4 Å². The van der Waals surface area contributed by atoms with E-state index in [1.54, 1.807) is 12.1 Å². The van der Waals surface area contributed by atoms with Crippen LogP contribution in [-0.4, -0.2) is 24.7 Å². The van der Waals surface area contributed by atoms with Gasteiger partial charge in [-0.05, 0) is 19.1 Å². The van der Waals surface area contributed by atoms with Crippen LogP contribution >= 0.6 is 0 Å². The summed E-state index contributed by atoms with van der Waals surface area (Å²) in [5, 5.41) is 11.4. The molecular weight excluding hydrogens is 218 g/mol. The summed E-state index contributed by atoms with van der Waals surface area (Å²) < 4.78 is 5.39. The van der Waals surface area contributed by atoms with Gasteiger partial charge in [0, 0.05) is 11.1 Å². The number of amides is 1. The van der Waals surface area contributed by atoms with Crippen LogP contribution in [0.1, 0.15) is 24.1 Å². The van der Waals surface area contributed by atoms with E-state index >= 15 is 0 Å². The number of carbonyl (C=O) groups excluding carboxylic acids is 1. The number of carbonyl (C=O) groups is 1. The van der Waals surface area contributed by atoms with E-state index in [9.17, 15) is 4.79 Å². The Morgan fingerprint density at radius 1 is 1.65 bits per heavy atom. The normalized spacial score (nSPS) is 11.4. The molecule has 0 fully saturated rings. The molecule has 0 aliphatic carbocycles. The molecule has 0 unspecified atom stereocenters. The molecule has 90 valence electrons. The van der Waals surface area contributed by atoms with E-state index in [4.69, 9.17) is 16.3 Å². The van der Waals surface area contributed by atoms with Gasteiger partial charge in [0.25, 0.3) is 0 Å². The molecule has 0 aliphatic heterocycles. The number of rotatable bonds is 6. The van der Waals surface area contributed by atoms with Crippen LogP contribution in [0.5, 0.6) is 5.75 Å². The van der Waals surface area contributed by atoms with Crippen molar-refractivity contribution in [1.29, 1.82) is 0 Å². The maximum Gasteiger partial charge on any atom is 0.207 e. The molecule has 4 heteroatoms. The summed E-state index contributed by atoms with van der Waals surface area (Å²) in [6.07, 6.45) is 5.94. The van der Waals surface area contributed by atoms with Gasteiger partial charge < -0.3 is 15.2 Å². The van der Waals surface area contributed by atoms with E-state index in [1.165, 1.54) is 0 Å². The fourth-order valence-electron chi connectivity index (χ4n) is 1.45. The Balaban J connectivity index is 3.01. The molecule has 0 saturated carbocycles. The molecule has 1 amide bonds. The Labute approximate surface area is 101 Å². The van der Waals surface area contributed by atoms with Crippen molar-refractivity contribution in [3.8, 4) is 18.1 Å². The number of terminal acetylenes is 1. The number of aliphatic hydroxyl groups excluding tert-OH is 1. The first-order chi connectivity index (χ1) is 8.22. The molecule has 1 aromatic rings. The quantitative estimate of drug-likeness (QED) is 0.565. The zero-order valence-corrected chi connectivity index (χ0v) is 9.64. The van der Waals surface area contributed by atoms with E-state index in [0.29, 0.717) is 17.7 Å². The van der Waals surface area contributed by atoms with Crippen molar-refractivity contribution in [2.75, 3.05) is 13.2 Å². The molecule has 1 rings (SSSR count). The van der Waals surface area contributed by atoms with Crippen LogP contribution in [0.3, 0.4) is 0 Å². The van der Waals surface area contributed by atoms with Crippen molar-refractivity contribution in [2.45, 2.75) is 13.0 Å². The van der Waals surface area contributed by atoms with Gasteiger partial charge in [0.05, 0.1) is 12.6 Å². The molecule has 0 spiro atoms. The van der Waals surface area contributed by atoms with Gasteiger partial charge in [-0.1, -0.05) is 12.0 Å². The SMILES string of the molecule is C#Cc1ccc([C@H](C)NC=O)c(OCCO)c1. The van der Waals surface area contributed by atoms with Crippen molar-refractivity contribution in [3.05, 3.63) is 29.3 Å². The predicted octanol–water partition coefficient (Wildman–Crippen LogP) is 0.846. The molecule has 0 aromatic heterocycles. The molecule has 0 saturated heterocycles. The summed E-state index contributed by atoms with van der Waals surface area (Å²) in [5.41, 5.74) is 1.52. The van der Waals surface area contributed by atoms with E-state index in [0.717, 1.165) is 5.56 Å². The molecule has 0 bridgehead atoms. The summed E-state index contributed by atoms with van der Waals surface area (Å²) in [5.74, 6) is 3.09. The lowest BCUT2D eigenvalue weighted by molar-refractivity contribution is -0.110. The Hall–Kier alpha value is -1.99. The summed E-state index contributed by atoms with van der Waals surface area (Å²) >= 11 is 0. The predicted molar refractivity (Wildman–Crippen MR) is 64.6 cm³/mol. The fourth-order valence-corrected chi connectivity index (χ4v) is 1.45. The molecule has 17 heavy (non-hydrogen) atoms. The second-order valence-electron chi connectivity index (χ2n) is 3.48. The van der Waals surface area contributed by atoms with Crippen molar-refractivity contribution < 1.29 is 14.6 Å². The molecule has 1 aromatic carbocycles. The van der Waals surface area contributed by atoms with Crippen molar-refractivity contribution >= 4 is 6.41 Å². The Morgan fingerprint density at radius 2 is 2.41 bits per heavy atom. The molecule has 2 N–H and O–H groups in total. The third-order valence-corrected chi connectivity index (χ3v) is 2.31. The molecular formula is C13H15NO3. The molecule has 4 nitrogen and oxygen atoms in total. The minimum atomic E-state index is -0.173. The topological polar surface area (TPSA) is 58.6 Å². The van der Waals surface area contributed by atoms with Crippen LogP contribution in [0, 0.1) is 12.3 Å². The maximum atomic E-state index is 10.4. The summed E-state index contributed by atoms with van der Waals surface area (Å²) in [6.45, 7) is 1.95. The number of ether oxygens (including phenoxy) is 1. The summed E-state index contributed by atoms with van der Waals surface area (Å²) in [7, 11) is 0. The van der Waals surface area contributed by atoms with Gasteiger partial charge in [0.2, 0.25) is 6.41 Å². The van der Waals surface area contributed by atoms with Crippen LogP contribution in [0.15, 0.2) is 18.2 Å². The monoisotopic (exact) mass is 233 g/mol. The second-order valence-corrected chi connectivity index (χ2v) is 3.48. The minimum Gasteiger partial charge on any atom is -0.491 e. The van der Waals surface area contributed by atoms with E-state index in [1.807, 2.05) is 13.0 Å². The molecule has 0 heterocycles. The van der Waals surface area contributed by atoms with Gasteiger partial charge in [-0.3, -0.25) is 4.79 Å². The van der Waals surface area contributed by atoms with Crippen LogP contribution in [0.25, 0.3) is 0 Å². The van der Waals surface area contributed by atoms with Gasteiger partial charge in [-0.25, -0.2) is 0 Å². The first-order valence-corrected chi connectivity index (χ1v) is 5.26. The fraction of sp³-hybridized carbons (Fsp3) is 0.308. The number of hydrogen-bond donors (Lipinski definition) is 2. The van der Waals surface area contributed by atoms with Crippen LogP contribution < -0.4 is 10.1 Å². The zero-order chi connectivity index (χ0) is 12.7. The number of aliphatic hydroxyl groups is 1. The van der Waals surface area contributed by atoms with Crippen LogP contribution in [0.2, 0.25) is 0 Å². The van der Waals surface area contributed by atoms with Crippen molar-refractivity contribution in [2.24, 2.45) is 0 Å². The Morgan fingerprint density at radius 3 is 3.00 bits per heavy atom. The third-order valence-electron chi connectivity index (χ3n) is 2.31. The Bertz CT molecular complexity index is 423. The third kappa shape index (κ3) is 3.51. The Kier molecular flexibility index (Phi) is 5.05.